The molecule has 2 aromatic rings. The molecule has 1 unspecified atom stereocenters. The first-order valence-electron chi connectivity index (χ1n) is 10.2. The van der Waals surface area contributed by atoms with Gasteiger partial charge in [0.2, 0.25) is 5.91 Å². The van der Waals surface area contributed by atoms with Gasteiger partial charge in [0, 0.05) is 43.9 Å². The van der Waals surface area contributed by atoms with Gasteiger partial charge in [-0.15, -0.1) is 0 Å². The van der Waals surface area contributed by atoms with Crippen molar-refractivity contribution in [3.63, 3.8) is 0 Å². The number of piperidine rings is 1. The van der Waals surface area contributed by atoms with Crippen molar-refractivity contribution in [1.82, 2.24) is 20.1 Å². The number of carbonyl (C=O) groups is 1. The first-order chi connectivity index (χ1) is 13.1. The van der Waals surface area contributed by atoms with Gasteiger partial charge in [-0.2, -0.15) is 0 Å². The minimum absolute atomic E-state index is 0.0896. The molecule has 0 bridgehead atoms. The van der Waals surface area contributed by atoms with Gasteiger partial charge in [0.05, 0.1) is 6.04 Å². The Morgan fingerprint density at radius 3 is 2.70 bits per heavy atom. The van der Waals surface area contributed by atoms with E-state index in [1.165, 1.54) is 23.8 Å². The topological polar surface area (TPSA) is 77.4 Å². The molecule has 3 heterocycles. The maximum atomic E-state index is 12.9. The molecule has 4 rings (SSSR count). The van der Waals surface area contributed by atoms with Crippen LogP contribution in [-0.2, 0) is 11.2 Å². The van der Waals surface area contributed by atoms with Crippen LogP contribution in [0.5, 0.6) is 0 Å². The number of amides is 1. The lowest BCUT2D eigenvalue weighted by Gasteiger charge is -2.41. The van der Waals surface area contributed by atoms with Gasteiger partial charge in [-0.25, -0.2) is 0 Å². The van der Waals surface area contributed by atoms with Gasteiger partial charge in [-0.3, -0.25) is 9.69 Å². The molecule has 6 heteroatoms. The molecule has 2 aliphatic heterocycles. The van der Waals surface area contributed by atoms with Gasteiger partial charge in [-0.1, -0.05) is 6.07 Å². The van der Waals surface area contributed by atoms with Gasteiger partial charge in [0.25, 0.3) is 0 Å². The van der Waals surface area contributed by atoms with Crippen molar-refractivity contribution in [2.45, 2.75) is 38.3 Å². The van der Waals surface area contributed by atoms with E-state index in [-0.39, 0.29) is 5.91 Å². The lowest BCUT2D eigenvalue weighted by Crippen LogP contribution is -2.56. The normalized spacial score (nSPS) is 20.9. The number of carbonyl (C=O) groups excluding carboxylic acids is 1. The molecule has 1 aromatic carbocycles. The summed E-state index contributed by atoms with van der Waals surface area (Å²) in [6.45, 7) is 7.85. The summed E-state index contributed by atoms with van der Waals surface area (Å²) in [7, 11) is 0. The summed E-state index contributed by atoms with van der Waals surface area (Å²) in [6.07, 6.45) is 4.98. The van der Waals surface area contributed by atoms with Crippen LogP contribution in [0.15, 0.2) is 24.4 Å². The number of aryl methyl sites for hydroxylation is 1. The monoisotopic (exact) mass is 369 g/mol. The summed E-state index contributed by atoms with van der Waals surface area (Å²) >= 11 is 0. The zero-order valence-corrected chi connectivity index (χ0v) is 16.2. The average molecular weight is 370 g/mol. The van der Waals surface area contributed by atoms with Crippen molar-refractivity contribution in [3.05, 3.63) is 35.5 Å². The van der Waals surface area contributed by atoms with Crippen molar-refractivity contribution < 1.29 is 4.79 Å². The van der Waals surface area contributed by atoms with Crippen molar-refractivity contribution in [1.29, 1.82) is 0 Å². The summed E-state index contributed by atoms with van der Waals surface area (Å²) in [6, 6.07) is 6.56. The van der Waals surface area contributed by atoms with Crippen LogP contribution in [0.3, 0.4) is 0 Å². The van der Waals surface area contributed by atoms with Crippen LogP contribution in [0.4, 0.5) is 0 Å². The zero-order chi connectivity index (χ0) is 18.8. The third-order valence-electron chi connectivity index (χ3n) is 6.14. The molecule has 2 saturated heterocycles. The predicted molar refractivity (Wildman–Crippen MR) is 109 cm³/mol. The van der Waals surface area contributed by atoms with E-state index in [0.29, 0.717) is 12.5 Å². The number of hydrogen-bond donors (Lipinski definition) is 3. The van der Waals surface area contributed by atoms with Crippen LogP contribution in [0.2, 0.25) is 0 Å². The van der Waals surface area contributed by atoms with Crippen LogP contribution in [0.25, 0.3) is 10.9 Å². The van der Waals surface area contributed by atoms with Gasteiger partial charge in [0.1, 0.15) is 0 Å². The van der Waals surface area contributed by atoms with Crippen LogP contribution in [0.1, 0.15) is 24.0 Å². The van der Waals surface area contributed by atoms with E-state index in [0.717, 1.165) is 50.3 Å². The molecule has 4 N–H and O–H groups in total. The molecule has 1 amide bonds. The summed E-state index contributed by atoms with van der Waals surface area (Å²) in [5, 5.41) is 4.60. The minimum Gasteiger partial charge on any atom is -0.361 e. The fraction of sp³-hybridized carbons (Fsp3) is 0.571. The van der Waals surface area contributed by atoms with E-state index in [1.54, 1.807) is 0 Å². The lowest BCUT2D eigenvalue weighted by atomic mass is 10.0. The Morgan fingerprint density at radius 1 is 1.22 bits per heavy atom. The lowest BCUT2D eigenvalue weighted by molar-refractivity contribution is -0.134. The summed E-state index contributed by atoms with van der Waals surface area (Å²) in [5.74, 6) is 0.0896. The van der Waals surface area contributed by atoms with Gasteiger partial charge in [-0.05, 0) is 67.9 Å². The number of piperazine rings is 1. The highest BCUT2D eigenvalue weighted by atomic mass is 16.2. The quantitative estimate of drug-likeness (QED) is 0.758. The second kappa shape index (κ2) is 8.00. The maximum absolute atomic E-state index is 12.9. The Morgan fingerprint density at radius 2 is 1.96 bits per heavy atom. The number of nitrogens with zero attached hydrogens (tertiary/aromatic N) is 2. The number of fused-ring (bicyclic) bond motifs is 1. The second-order valence-corrected chi connectivity index (χ2v) is 8.01. The minimum atomic E-state index is -0.466. The number of rotatable bonds is 4. The van der Waals surface area contributed by atoms with Crippen LogP contribution < -0.4 is 11.1 Å². The molecule has 0 aliphatic carbocycles. The fourth-order valence-electron chi connectivity index (χ4n) is 4.61. The van der Waals surface area contributed by atoms with E-state index >= 15 is 0 Å². The predicted octanol–water partition coefficient (Wildman–Crippen LogP) is 1.24. The first-order valence-corrected chi connectivity index (χ1v) is 10.2. The van der Waals surface area contributed by atoms with Crippen molar-refractivity contribution in [3.8, 4) is 0 Å². The molecule has 2 aliphatic rings. The number of benzene rings is 1. The van der Waals surface area contributed by atoms with Crippen molar-refractivity contribution in [2.75, 3.05) is 39.3 Å². The fourth-order valence-corrected chi connectivity index (χ4v) is 4.61. The van der Waals surface area contributed by atoms with Crippen LogP contribution in [0, 0.1) is 6.92 Å². The molecular formula is C21H31N5O. The third kappa shape index (κ3) is 4.03. The molecule has 1 atom stereocenters. The number of nitrogens with one attached hydrogen (secondary N) is 2. The molecule has 0 radical (unpaired) electrons. The zero-order valence-electron chi connectivity index (χ0n) is 16.2. The Hall–Kier alpha value is -1.89. The van der Waals surface area contributed by atoms with E-state index in [1.807, 2.05) is 11.1 Å². The molecule has 0 saturated carbocycles. The molecule has 27 heavy (non-hydrogen) atoms. The van der Waals surface area contributed by atoms with Crippen molar-refractivity contribution in [2.24, 2.45) is 5.73 Å². The number of hydrogen-bond acceptors (Lipinski definition) is 4. The van der Waals surface area contributed by atoms with E-state index in [9.17, 15) is 4.79 Å². The van der Waals surface area contributed by atoms with E-state index in [4.69, 9.17) is 5.73 Å². The molecular weight excluding hydrogens is 338 g/mol. The Bertz CT molecular complexity index is 787. The number of H-pyrrole nitrogens is 1. The van der Waals surface area contributed by atoms with Crippen molar-refractivity contribution >= 4 is 16.8 Å². The summed E-state index contributed by atoms with van der Waals surface area (Å²) in [5.41, 5.74) is 9.80. The Labute approximate surface area is 161 Å². The smallest absolute Gasteiger partial charge is 0.239 e. The van der Waals surface area contributed by atoms with E-state index < -0.39 is 6.04 Å². The summed E-state index contributed by atoms with van der Waals surface area (Å²) in [4.78, 5) is 20.6. The largest absolute Gasteiger partial charge is 0.361 e. The second-order valence-electron chi connectivity index (χ2n) is 8.01. The van der Waals surface area contributed by atoms with Gasteiger partial charge < -0.3 is 20.9 Å². The highest BCUT2D eigenvalue weighted by molar-refractivity contribution is 5.84. The standard InChI is InChI=1S/C21H31N5O/c1-15-12-16(13-17-2-7-24-20(15)17)14-19(22)21(27)26-10-8-25(9-11-26)18-3-5-23-6-4-18/h2,7,12-13,18-19,23-24H,3-6,8-11,14,22H2,1H3. The highest BCUT2D eigenvalue weighted by Crippen LogP contribution is 2.20. The Kier molecular flexibility index (Phi) is 5.48. The number of aromatic amines is 1. The summed E-state index contributed by atoms with van der Waals surface area (Å²) < 4.78 is 0. The number of nitrogens with two attached hydrogens (primary N) is 1. The first kappa shape index (κ1) is 18.5. The maximum Gasteiger partial charge on any atom is 0.239 e. The van der Waals surface area contributed by atoms with Gasteiger partial charge in [0.15, 0.2) is 0 Å². The molecule has 146 valence electrons. The number of aromatic nitrogens is 1. The van der Waals surface area contributed by atoms with Gasteiger partial charge >= 0.3 is 0 Å². The van der Waals surface area contributed by atoms with Crippen LogP contribution in [-0.4, -0.2) is 72.0 Å². The molecule has 1 aromatic heterocycles. The third-order valence-corrected chi connectivity index (χ3v) is 6.14. The molecule has 2 fully saturated rings. The molecule has 6 nitrogen and oxygen atoms in total. The molecule has 0 spiro atoms. The van der Waals surface area contributed by atoms with E-state index in [2.05, 4.69) is 40.3 Å². The SMILES string of the molecule is Cc1cc(CC(N)C(=O)N2CCN(C3CCNCC3)CC2)cc2cc[nH]c12. The Balaban J connectivity index is 1.33. The average Bonchev–Trinajstić information content (AvgIpc) is 3.17. The highest BCUT2D eigenvalue weighted by Gasteiger charge is 2.29. The van der Waals surface area contributed by atoms with Crippen LogP contribution >= 0.6 is 0 Å².